The van der Waals surface area contributed by atoms with Crippen molar-refractivity contribution in [3.63, 3.8) is 0 Å². The van der Waals surface area contributed by atoms with E-state index in [0.717, 1.165) is 6.07 Å². The first kappa shape index (κ1) is 22.6. The Hall–Kier alpha value is -4.14. The van der Waals surface area contributed by atoms with Crippen molar-refractivity contribution < 1.29 is 32.6 Å². The highest BCUT2D eigenvalue weighted by Crippen LogP contribution is 2.44. The van der Waals surface area contributed by atoms with E-state index in [4.69, 9.17) is 14.2 Å². The molecule has 3 aromatic rings. The van der Waals surface area contributed by atoms with Crippen molar-refractivity contribution in [1.29, 1.82) is 0 Å². The van der Waals surface area contributed by atoms with E-state index in [1.165, 1.54) is 6.07 Å². The lowest BCUT2D eigenvalue weighted by molar-refractivity contribution is -0.126. The number of fused-ring (bicyclic) bond motifs is 1. The van der Waals surface area contributed by atoms with Gasteiger partial charge in [0.1, 0.15) is 17.4 Å². The minimum absolute atomic E-state index is 0.0862. The van der Waals surface area contributed by atoms with Crippen LogP contribution in [0.3, 0.4) is 0 Å². The van der Waals surface area contributed by atoms with Crippen LogP contribution in [-0.4, -0.2) is 25.7 Å². The van der Waals surface area contributed by atoms with Crippen LogP contribution in [0.1, 0.15) is 24.4 Å². The molecule has 1 fully saturated rings. The number of nitrogens with zero attached hydrogens (tertiary/aromatic N) is 1. The summed E-state index contributed by atoms with van der Waals surface area (Å²) in [5.41, 5.74) is 1.12. The zero-order valence-electron chi connectivity index (χ0n) is 18.8. The van der Waals surface area contributed by atoms with E-state index in [2.05, 4.69) is 5.32 Å². The van der Waals surface area contributed by atoms with E-state index >= 15 is 0 Å². The van der Waals surface area contributed by atoms with E-state index in [1.807, 2.05) is 0 Å². The van der Waals surface area contributed by atoms with Crippen LogP contribution < -0.4 is 24.4 Å². The third-order valence-corrected chi connectivity index (χ3v) is 6.21. The fraction of sp³-hybridized carbons (Fsp3) is 0.231. The number of amides is 2. The van der Waals surface area contributed by atoms with Crippen LogP contribution in [0.5, 0.6) is 17.2 Å². The molecule has 2 aliphatic heterocycles. The number of benzene rings is 3. The molecule has 0 bridgehead atoms. The van der Waals surface area contributed by atoms with Gasteiger partial charge < -0.3 is 24.4 Å². The molecule has 0 aromatic heterocycles. The molecule has 2 aliphatic rings. The Kier molecular flexibility index (Phi) is 5.98. The molecule has 2 unspecified atom stereocenters. The zero-order chi connectivity index (χ0) is 24.5. The number of carbonyl (C=O) groups excluding carboxylic acids is 2. The number of anilines is 2. The number of methoxy groups -OCH3 is 1. The van der Waals surface area contributed by atoms with Gasteiger partial charge in [-0.1, -0.05) is 12.1 Å². The molecule has 0 aliphatic carbocycles. The first-order valence-electron chi connectivity index (χ1n) is 11.1. The average molecular weight is 480 g/mol. The second-order valence-corrected chi connectivity index (χ2v) is 8.28. The van der Waals surface area contributed by atoms with Gasteiger partial charge in [-0.15, -0.1) is 0 Å². The second-order valence-electron chi connectivity index (χ2n) is 8.28. The molecule has 0 saturated carbocycles. The van der Waals surface area contributed by atoms with Gasteiger partial charge in [-0.2, -0.15) is 0 Å². The smallest absolute Gasteiger partial charge is 0.231 e. The Morgan fingerprint density at radius 2 is 1.80 bits per heavy atom. The minimum Gasteiger partial charge on any atom is -0.497 e. The molecule has 35 heavy (non-hydrogen) atoms. The molecular formula is C26H22F2N2O5. The van der Waals surface area contributed by atoms with E-state index < -0.39 is 29.5 Å². The standard InChI is InChI=1S/C26H22F2N2O5/c1-33-18-6-2-15(3-7-18)25-19(26(32)29-21-9-4-16(27)12-20(21)28)8-11-24(31)30(25)17-5-10-22-23(13-17)35-14-34-22/h2-7,9-10,12-13,19,25H,8,11,14H2,1H3,(H,29,32). The molecule has 5 rings (SSSR count). The highest BCUT2D eigenvalue weighted by molar-refractivity contribution is 6.00. The Balaban J connectivity index is 1.54. The summed E-state index contributed by atoms with van der Waals surface area (Å²) < 4.78 is 43.7. The number of ether oxygens (including phenoxy) is 3. The molecule has 2 amide bonds. The number of nitrogens with one attached hydrogen (secondary N) is 1. The third kappa shape index (κ3) is 4.37. The van der Waals surface area contributed by atoms with Gasteiger partial charge in [0.25, 0.3) is 0 Å². The molecule has 180 valence electrons. The quantitative estimate of drug-likeness (QED) is 0.566. The predicted octanol–water partition coefficient (Wildman–Crippen LogP) is 4.83. The van der Waals surface area contributed by atoms with Gasteiger partial charge in [0.05, 0.1) is 24.8 Å². The van der Waals surface area contributed by atoms with Crippen molar-refractivity contribution in [3.8, 4) is 17.2 Å². The van der Waals surface area contributed by atoms with Crippen LogP contribution in [0.4, 0.5) is 20.2 Å². The third-order valence-electron chi connectivity index (χ3n) is 6.21. The number of hydrogen-bond donors (Lipinski definition) is 1. The maximum Gasteiger partial charge on any atom is 0.231 e. The van der Waals surface area contributed by atoms with Crippen LogP contribution >= 0.6 is 0 Å². The summed E-state index contributed by atoms with van der Waals surface area (Å²) in [6, 6.07) is 14.5. The summed E-state index contributed by atoms with van der Waals surface area (Å²) in [5.74, 6) is -1.27. The molecule has 1 N–H and O–H groups in total. The maximum absolute atomic E-state index is 14.3. The van der Waals surface area contributed by atoms with Gasteiger partial charge in [-0.25, -0.2) is 8.78 Å². The second kappa shape index (κ2) is 9.25. The molecule has 3 aromatic carbocycles. The minimum atomic E-state index is -0.876. The van der Waals surface area contributed by atoms with E-state index in [9.17, 15) is 18.4 Å². The highest BCUT2D eigenvalue weighted by Gasteiger charge is 2.42. The fourth-order valence-corrected chi connectivity index (χ4v) is 4.51. The Morgan fingerprint density at radius 3 is 2.54 bits per heavy atom. The summed E-state index contributed by atoms with van der Waals surface area (Å²) in [6.07, 6.45) is 0.371. The number of rotatable bonds is 5. The molecular weight excluding hydrogens is 458 g/mol. The predicted molar refractivity (Wildman–Crippen MR) is 123 cm³/mol. The molecule has 0 spiro atoms. The molecule has 2 heterocycles. The van der Waals surface area contributed by atoms with Crippen molar-refractivity contribution >= 4 is 23.2 Å². The first-order valence-corrected chi connectivity index (χ1v) is 11.1. The number of halogens is 2. The average Bonchev–Trinajstić information content (AvgIpc) is 3.33. The SMILES string of the molecule is COc1ccc(C2C(C(=O)Nc3ccc(F)cc3F)CCC(=O)N2c2ccc3c(c2)OCO3)cc1. The largest absolute Gasteiger partial charge is 0.497 e. The van der Waals surface area contributed by atoms with Crippen molar-refractivity contribution in [2.24, 2.45) is 5.92 Å². The van der Waals surface area contributed by atoms with Gasteiger partial charge in [0.15, 0.2) is 11.5 Å². The summed E-state index contributed by atoms with van der Waals surface area (Å²) >= 11 is 0. The lowest BCUT2D eigenvalue weighted by Crippen LogP contribution is -2.47. The van der Waals surface area contributed by atoms with Crippen LogP contribution in [-0.2, 0) is 9.59 Å². The van der Waals surface area contributed by atoms with Crippen molar-refractivity contribution in [1.82, 2.24) is 0 Å². The Bertz CT molecular complexity index is 1280. The summed E-state index contributed by atoms with van der Waals surface area (Å²) in [6.45, 7) is 0.0862. The van der Waals surface area contributed by atoms with E-state index in [-0.39, 0.29) is 31.2 Å². The number of piperidine rings is 1. The molecule has 9 heteroatoms. The summed E-state index contributed by atoms with van der Waals surface area (Å²) in [5, 5.41) is 2.57. The monoisotopic (exact) mass is 480 g/mol. The molecule has 1 saturated heterocycles. The van der Waals surface area contributed by atoms with Gasteiger partial charge in [-0.05, 0) is 48.4 Å². The van der Waals surface area contributed by atoms with E-state index in [0.29, 0.717) is 34.6 Å². The van der Waals surface area contributed by atoms with Gasteiger partial charge in [-0.3, -0.25) is 9.59 Å². The maximum atomic E-state index is 14.3. The van der Waals surface area contributed by atoms with Crippen LogP contribution in [0.15, 0.2) is 60.7 Å². The number of carbonyl (C=O) groups is 2. The molecule has 7 nitrogen and oxygen atoms in total. The topological polar surface area (TPSA) is 77.1 Å². The van der Waals surface area contributed by atoms with Crippen LogP contribution in [0, 0.1) is 17.6 Å². The molecule has 0 radical (unpaired) electrons. The number of hydrogen-bond acceptors (Lipinski definition) is 5. The van der Waals surface area contributed by atoms with Crippen LogP contribution in [0.25, 0.3) is 0 Å². The van der Waals surface area contributed by atoms with Crippen molar-refractivity contribution in [2.75, 3.05) is 24.1 Å². The van der Waals surface area contributed by atoms with Gasteiger partial charge in [0, 0.05) is 24.2 Å². The first-order chi connectivity index (χ1) is 16.9. The Labute approximate surface area is 200 Å². The van der Waals surface area contributed by atoms with Crippen molar-refractivity contribution in [3.05, 3.63) is 77.9 Å². The lowest BCUT2D eigenvalue weighted by atomic mass is 9.83. The van der Waals surface area contributed by atoms with Gasteiger partial charge in [0.2, 0.25) is 18.6 Å². The fourth-order valence-electron chi connectivity index (χ4n) is 4.51. The Morgan fingerprint density at radius 1 is 1.03 bits per heavy atom. The summed E-state index contributed by atoms with van der Waals surface area (Å²) in [4.78, 5) is 28.2. The normalized spacial score (nSPS) is 18.9. The van der Waals surface area contributed by atoms with Gasteiger partial charge >= 0.3 is 0 Å². The van der Waals surface area contributed by atoms with E-state index in [1.54, 1.807) is 54.5 Å². The lowest BCUT2D eigenvalue weighted by Gasteiger charge is -2.41. The summed E-state index contributed by atoms with van der Waals surface area (Å²) in [7, 11) is 1.55. The van der Waals surface area contributed by atoms with Crippen LogP contribution in [0.2, 0.25) is 0 Å². The molecule has 2 atom stereocenters. The van der Waals surface area contributed by atoms with Crippen molar-refractivity contribution in [2.45, 2.75) is 18.9 Å². The highest BCUT2D eigenvalue weighted by atomic mass is 19.1. The zero-order valence-corrected chi connectivity index (χ0v) is 18.8.